The molecule has 2 rings (SSSR count). The Morgan fingerprint density at radius 1 is 1.40 bits per heavy atom. The van der Waals surface area contributed by atoms with Crippen LogP contribution in [0.2, 0.25) is 0 Å². The van der Waals surface area contributed by atoms with Gasteiger partial charge in [-0.25, -0.2) is 10.8 Å². The van der Waals surface area contributed by atoms with Crippen molar-refractivity contribution in [3.63, 3.8) is 0 Å². The molecule has 0 aliphatic carbocycles. The molecule has 1 aromatic carbocycles. The molecule has 1 aromatic heterocycles. The van der Waals surface area contributed by atoms with Gasteiger partial charge in [0, 0.05) is 0 Å². The summed E-state index contributed by atoms with van der Waals surface area (Å²) < 4.78 is 1.61. The van der Waals surface area contributed by atoms with E-state index >= 15 is 0 Å². The van der Waals surface area contributed by atoms with Gasteiger partial charge in [-0.1, -0.05) is 12.1 Å². The van der Waals surface area contributed by atoms with Crippen molar-refractivity contribution in [3.05, 3.63) is 24.3 Å². The molecule has 6 nitrogen and oxygen atoms in total. The van der Waals surface area contributed by atoms with Crippen LogP contribution in [0, 0.1) is 0 Å². The molecule has 0 spiro atoms. The molecule has 0 bridgehead atoms. The van der Waals surface area contributed by atoms with Gasteiger partial charge in [0.05, 0.1) is 17.6 Å². The molecular formula is C9H12N4O2. The smallest absolute Gasteiger partial charge is 0.218 e. The first-order valence-corrected chi connectivity index (χ1v) is 4.50. The van der Waals surface area contributed by atoms with E-state index in [1.54, 1.807) is 4.57 Å². The number of nitrogens with zero attached hydrogens (tertiary/aromatic N) is 2. The van der Waals surface area contributed by atoms with Crippen LogP contribution in [0.15, 0.2) is 24.3 Å². The first kappa shape index (κ1) is 9.91. The Balaban J connectivity index is 2.56. The highest BCUT2D eigenvalue weighted by molar-refractivity contribution is 5.78. The number of fused-ring (bicyclic) bond motifs is 1. The summed E-state index contributed by atoms with van der Waals surface area (Å²) in [6.45, 7) is 0.0278. The van der Waals surface area contributed by atoms with Crippen molar-refractivity contribution >= 4 is 17.0 Å². The number of hydrazine groups is 1. The lowest BCUT2D eigenvalue weighted by Crippen LogP contribution is -2.19. The molecule has 80 valence electrons. The number of hydrogen-bond donors (Lipinski definition) is 4. The fraction of sp³-hybridized carbons (Fsp3) is 0.222. The van der Waals surface area contributed by atoms with E-state index in [4.69, 9.17) is 16.1 Å². The van der Waals surface area contributed by atoms with Gasteiger partial charge in [-0.05, 0) is 12.1 Å². The monoisotopic (exact) mass is 208 g/mol. The summed E-state index contributed by atoms with van der Waals surface area (Å²) in [5.74, 6) is 5.70. The van der Waals surface area contributed by atoms with Crippen molar-refractivity contribution < 1.29 is 10.2 Å². The number of aliphatic hydroxyl groups excluding tert-OH is 1. The SMILES string of the molecule is NNc1nc2ccccc2n1CC(O)O. The molecular weight excluding hydrogens is 196 g/mol. The third-order valence-electron chi connectivity index (χ3n) is 2.13. The minimum atomic E-state index is -1.44. The average Bonchev–Trinajstić information content (AvgIpc) is 2.56. The van der Waals surface area contributed by atoms with Gasteiger partial charge < -0.3 is 14.8 Å². The zero-order chi connectivity index (χ0) is 10.8. The summed E-state index contributed by atoms with van der Waals surface area (Å²) in [6, 6.07) is 7.38. The van der Waals surface area contributed by atoms with E-state index in [2.05, 4.69) is 10.4 Å². The molecule has 0 aliphatic rings. The molecule has 0 unspecified atom stereocenters. The summed E-state index contributed by atoms with van der Waals surface area (Å²) in [7, 11) is 0. The van der Waals surface area contributed by atoms with Gasteiger partial charge in [-0.15, -0.1) is 0 Å². The Morgan fingerprint density at radius 2 is 2.13 bits per heavy atom. The number of nitrogens with two attached hydrogens (primary N) is 1. The summed E-state index contributed by atoms with van der Waals surface area (Å²) in [6.07, 6.45) is -1.44. The summed E-state index contributed by atoms with van der Waals surface area (Å²) in [4.78, 5) is 4.19. The Hall–Kier alpha value is -1.63. The number of para-hydroxylation sites is 2. The summed E-state index contributed by atoms with van der Waals surface area (Å²) in [5, 5.41) is 17.9. The van der Waals surface area contributed by atoms with Crippen LogP contribution in [0.5, 0.6) is 0 Å². The van der Waals surface area contributed by atoms with Gasteiger partial charge in [-0.2, -0.15) is 0 Å². The maximum Gasteiger partial charge on any atom is 0.218 e. The van der Waals surface area contributed by atoms with Gasteiger partial charge in [0.1, 0.15) is 0 Å². The third-order valence-corrected chi connectivity index (χ3v) is 2.13. The van der Waals surface area contributed by atoms with E-state index in [-0.39, 0.29) is 6.54 Å². The van der Waals surface area contributed by atoms with Crippen molar-refractivity contribution in [2.45, 2.75) is 12.8 Å². The van der Waals surface area contributed by atoms with Crippen molar-refractivity contribution in [2.75, 3.05) is 5.43 Å². The predicted molar refractivity (Wildman–Crippen MR) is 55.8 cm³/mol. The minimum Gasteiger partial charge on any atom is -0.367 e. The average molecular weight is 208 g/mol. The molecule has 0 amide bonds. The minimum absolute atomic E-state index is 0.0278. The van der Waals surface area contributed by atoms with E-state index in [0.717, 1.165) is 11.0 Å². The lowest BCUT2D eigenvalue weighted by Gasteiger charge is -2.09. The standard InChI is InChI=1S/C9H12N4O2/c10-12-9-11-6-3-1-2-4-7(6)13(9)5-8(14)15/h1-4,8,14-15H,5,10H2,(H,11,12). The van der Waals surface area contributed by atoms with Gasteiger partial charge in [0.2, 0.25) is 5.95 Å². The van der Waals surface area contributed by atoms with E-state index < -0.39 is 6.29 Å². The van der Waals surface area contributed by atoms with Crippen molar-refractivity contribution in [2.24, 2.45) is 5.84 Å². The Bertz CT molecular complexity index is 466. The maximum absolute atomic E-state index is 8.94. The van der Waals surface area contributed by atoms with Gasteiger partial charge >= 0.3 is 0 Å². The molecule has 5 N–H and O–H groups in total. The Morgan fingerprint density at radius 3 is 2.80 bits per heavy atom. The van der Waals surface area contributed by atoms with Crippen LogP contribution >= 0.6 is 0 Å². The van der Waals surface area contributed by atoms with Crippen LogP contribution in [-0.2, 0) is 6.54 Å². The van der Waals surface area contributed by atoms with Crippen molar-refractivity contribution in [3.8, 4) is 0 Å². The number of aliphatic hydroxyl groups is 2. The molecule has 0 fully saturated rings. The lowest BCUT2D eigenvalue weighted by atomic mass is 10.3. The van der Waals surface area contributed by atoms with Gasteiger partial charge in [-0.3, -0.25) is 5.43 Å². The number of hydrogen-bond acceptors (Lipinski definition) is 5. The fourth-order valence-electron chi connectivity index (χ4n) is 1.53. The molecule has 0 saturated heterocycles. The first-order valence-electron chi connectivity index (χ1n) is 4.50. The second-order valence-electron chi connectivity index (χ2n) is 3.16. The van der Waals surface area contributed by atoms with Crippen molar-refractivity contribution in [1.29, 1.82) is 0 Å². The number of aromatic nitrogens is 2. The zero-order valence-electron chi connectivity index (χ0n) is 7.96. The molecule has 0 radical (unpaired) electrons. The van der Waals surface area contributed by atoms with Crippen LogP contribution in [0.3, 0.4) is 0 Å². The fourth-order valence-corrected chi connectivity index (χ4v) is 1.53. The first-order chi connectivity index (χ1) is 7.22. The molecule has 6 heteroatoms. The molecule has 15 heavy (non-hydrogen) atoms. The number of rotatable bonds is 3. The number of imidazole rings is 1. The van der Waals surface area contributed by atoms with Crippen molar-refractivity contribution in [1.82, 2.24) is 9.55 Å². The topological polar surface area (TPSA) is 96.3 Å². The quantitative estimate of drug-likeness (QED) is 0.313. The normalized spacial score (nSPS) is 11.2. The largest absolute Gasteiger partial charge is 0.367 e. The van der Waals surface area contributed by atoms with Gasteiger partial charge in [0.25, 0.3) is 0 Å². The Labute approximate surface area is 85.9 Å². The van der Waals surface area contributed by atoms with Crippen LogP contribution < -0.4 is 11.3 Å². The lowest BCUT2D eigenvalue weighted by molar-refractivity contribution is -0.0502. The highest BCUT2D eigenvalue weighted by atomic mass is 16.5. The second-order valence-corrected chi connectivity index (χ2v) is 3.16. The van der Waals surface area contributed by atoms with Gasteiger partial charge in [0.15, 0.2) is 6.29 Å². The summed E-state index contributed by atoms with van der Waals surface area (Å²) in [5.41, 5.74) is 3.98. The molecule has 0 saturated carbocycles. The Kier molecular flexibility index (Phi) is 2.55. The van der Waals surface area contributed by atoms with E-state index in [9.17, 15) is 0 Å². The maximum atomic E-state index is 8.94. The molecule has 0 aliphatic heterocycles. The number of benzene rings is 1. The molecule has 0 atom stereocenters. The summed E-state index contributed by atoms with van der Waals surface area (Å²) >= 11 is 0. The zero-order valence-corrected chi connectivity index (χ0v) is 7.96. The second kappa shape index (κ2) is 3.85. The number of nitrogens with one attached hydrogen (secondary N) is 1. The third kappa shape index (κ3) is 1.78. The molecule has 2 aromatic rings. The number of anilines is 1. The van der Waals surface area contributed by atoms with E-state index in [1.807, 2.05) is 24.3 Å². The van der Waals surface area contributed by atoms with E-state index in [1.165, 1.54) is 0 Å². The predicted octanol–water partition coefficient (Wildman–Crippen LogP) is -0.367. The van der Waals surface area contributed by atoms with Crippen LogP contribution in [0.1, 0.15) is 0 Å². The van der Waals surface area contributed by atoms with Crippen LogP contribution in [-0.4, -0.2) is 26.1 Å². The van der Waals surface area contributed by atoms with Crippen LogP contribution in [0.4, 0.5) is 5.95 Å². The van der Waals surface area contributed by atoms with E-state index in [0.29, 0.717) is 5.95 Å². The molecule has 1 heterocycles. The van der Waals surface area contributed by atoms with Crippen LogP contribution in [0.25, 0.3) is 11.0 Å². The number of nitrogen functional groups attached to an aromatic ring is 1. The highest BCUT2D eigenvalue weighted by Crippen LogP contribution is 2.18. The highest BCUT2D eigenvalue weighted by Gasteiger charge is 2.11.